The molecule has 1 saturated heterocycles. The summed E-state index contributed by atoms with van der Waals surface area (Å²) in [7, 11) is 0. The van der Waals surface area contributed by atoms with E-state index < -0.39 is 0 Å². The van der Waals surface area contributed by atoms with Crippen LogP contribution in [0.4, 0.5) is 10.8 Å². The van der Waals surface area contributed by atoms with E-state index in [9.17, 15) is 9.59 Å². The van der Waals surface area contributed by atoms with Gasteiger partial charge in [0.15, 0.2) is 10.9 Å². The zero-order valence-electron chi connectivity index (χ0n) is 18.3. The predicted molar refractivity (Wildman–Crippen MR) is 131 cm³/mol. The molecule has 1 fully saturated rings. The molecule has 172 valence electrons. The van der Waals surface area contributed by atoms with Gasteiger partial charge in [-0.25, -0.2) is 0 Å². The van der Waals surface area contributed by atoms with Crippen molar-refractivity contribution in [3.63, 3.8) is 0 Å². The molecule has 1 aliphatic heterocycles. The Hall–Kier alpha value is -3.11. The summed E-state index contributed by atoms with van der Waals surface area (Å²) in [6.07, 6.45) is 0. The molecule has 2 heterocycles. The van der Waals surface area contributed by atoms with Crippen LogP contribution in [0.1, 0.15) is 5.56 Å². The third-order valence-electron chi connectivity index (χ3n) is 5.03. The van der Waals surface area contributed by atoms with E-state index in [4.69, 9.17) is 4.74 Å². The number of carbonyl (C=O) groups excluding carboxylic acids is 2. The first-order valence-corrected chi connectivity index (χ1v) is 12.4. The third kappa shape index (κ3) is 6.69. The molecule has 1 aromatic heterocycles. The lowest BCUT2D eigenvalue weighted by atomic mass is 10.2. The van der Waals surface area contributed by atoms with E-state index in [0.29, 0.717) is 31.9 Å². The van der Waals surface area contributed by atoms with Crippen LogP contribution in [0.3, 0.4) is 0 Å². The highest BCUT2D eigenvalue weighted by Crippen LogP contribution is 2.28. The van der Waals surface area contributed by atoms with Crippen molar-refractivity contribution in [3.05, 3.63) is 60.2 Å². The van der Waals surface area contributed by atoms with E-state index in [1.165, 1.54) is 23.1 Å². The number of amides is 2. The summed E-state index contributed by atoms with van der Waals surface area (Å²) < 4.78 is 6.39. The largest absolute Gasteiger partial charge is 0.484 e. The van der Waals surface area contributed by atoms with Gasteiger partial charge in [-0.2, -0.15) is 0 Å². The van der Waals surface area contributed by atoms with Gasteiger partial charge in [0.2, 0.25) is 11.0 Å². The molecule has 0 saturated carbocycles. The molecule has 0 radical (unpaired) electrons. The molecule has 0 spiro atoms. The minimum Gasteiger partial charge on any atom is -0.484 e. The second-order valence-electron chi connectivity index (χ2n) is 7.53. The average molecular weight is 484 g/mol. The van der Waals surface area contributed by atoms with Gasteiger partial charge in [-0.05, 0) is 36.8 Å². The van der Waals surface area contributed by atoms with Gasteiger partial charge in [0.05, 0.1) is 5.75 Å². The van der Waals surface area contributed by atoms with Gasteiger partial charge in [-0.3, -0.25) is 9.59 Å². The molecule has 1 N–H and O–H groups in total. The summed E-state index contributed by atoms with van der Waals surface area (Å²) in [5.41, 5.74) is 1.87. The number of para-hydroxylation sites is 1. The van der Waals surface area contributed by atoms with Crippen molar-refractivity contribution < 1.29 is 14.3 Å². The fraction of sp³-hybridized carbons (Fsp3) is 0.304. The third-order valence-corrected chi connectivity index (χ3v) is 7.15. The fourth-order valence-corrected chi connectivity index (χ4v) is 5.02. The summed E-state index contributed by atoms with van der Waals surface area (Å²) in [6.45, 7) is 4.61. The first-order chi connectivity index (χ1) is 16.1. The zero-order valence-corrected chi connectivity index (χ0v) is 19.9. The van der Waals surface area contributed by atoms with E-state index in [1.807, 2.05) is 66.4 Å². The van der Waals surface area contributed by atoms with Crippen LogP contribution in [0.2, 0.25) is 0 Å². The number of hydrogen-bond donors (Lipinski definition) is 1. The van der Waals surface area contributed by atoms with Gasteiger partial charge in [0, 0.05) is 31.9 Å². The molecular formula is C23H25N5O3S2. The Morgan fingerprint density at radius 1 is 1.06 bits per heavy atom. The summed E-state index contributed by atoms with van der Waals surface area (Å²) in [5, 5.41) is 12.1. The number of nitrogens with zero attached hydrogens (tertiary/aromatic N) is 4. The number of hydrogen-bond acceptors (Lipinski definition) is 8. The van der Waals surface area contributed by atoms with Gasteiger partial charge in [-0.15, -0.1) is 10.2 Å². The molecular weight excluding hydrogens is 458 g/mol. The summed E-state index contributed by atoms with van der Waals surface area (Å²) in [6, 6.07) is 17.0. The van der Waals surface area contributed by atoms with Crippen molar-refractivity contribution >= 4 is 45.7 Å². The van der Waals surface area contributed by atoms with Gasteiger partial charge in [0.1, 0.15) is 5.75 Å². The number of thioether (sulfide) groups is 1. The highest BCUT2D eigenvalue weighted by atomic mass is 32.2. The summed E-state index contributed by atoms with van der Waals surface area (Å²) >= 11 is 2.83. The highest BCUT2D eigenvalue weighted by Gasteiger charge is 2.24. The molecule has 3 aromatic rings. The highest BCUT2D eigenvalue weighted by molar-refractivity contribution is 8.01. The van der Waals surface area contributed by atoms with E-state index in [2.05, 4.69) is 20.4 Å². The molecule has 1 aliphatic rings. The number of aromatic nitrogens is 2. The average Bonchev–Trinajstić information content (AvgIpc) is 3.31. The van der Waals surface area contributed by atoms with Crippen LogP contribution in [0.5, 0.6) is 5.75 Å². The fourth-order valence-electron chi connectivity index (χ4n) is 3.32. The minimum atomic E-state index is -0.0806. The van der Waals surface area contributed by atoms with Crippen LogP contribution in [-0.2, 0) is 9.59 Å². The quantitative estimate of drug-likeness (QED) is 0.492. The Bertz CT molecular complexity index is 1080. The van der Waals surface area contributed by atoms with E-state index in [0.717, 1.165) is 20.7 Å². The normalized spacial score (nSPS) is 13.6. The second-order valence-corrected chi connectivity index (χ2v) is 9.70. The van der Waals surface area contributed by atoms with Crippen LogP contribution >= 0.6 is 23.1 Å². The Morgan fingerprint density at radius 3 is 2.61 bits per heavy atom. The van der Waals surface area contributed by atoms with Crippen LogP contribution in [0.25, 0.3) is 0 Å². The second kappa shape index (κ2) is 11.2. The smallest absolute Gasteiger partial charge is 0.260 e. The zero-order chi connectivity index (χ0) is 23.0. The lowest BCUT2D eigenvalue weighted by Crippen LogP contribution is -2.50. The molecule has 10 heteroatoms. The SMILES string of the molecule is Cc1cccc(OCC(=O)N2CCN(c3nnc(SCC(=O)Nc4ccccc4)s3)CC2)c1. The molecule has 2 aromatic carbocycles. The number of benzene rings is 2. The molecule has 2 amide bonds. The number of aryl methyl sites for hydroxylation is 1. The molecule has 0 bridgehead atoms. The monoisotopic (exact) mass is 483 g/mol. The van der Waals surface area contributed by atoms with E-state index in [-0.39, 0.29) is 24.2 Å². The first-order valence-electron chi connectivity index (χ1n) is 10.6. The Balaban J connectivity index is 1.20. The molecule has 33 heavy (non-hydrogen) atoms. The van der Waals surface area contributed by atoms with Gasteiger partial charge >= 0.3 is 0 Å². The maximum atomic E-state index is 12.5. The number of carbonyl (C=O) groups is 2. The van der Waals surface area contributed by atoms with Crippen LogP contribution in [0, 0.1) is 6.92 Å². The minimum absolute atomic E-state index is 0.0194. The number of anilines is 2. The number of ether oxygens (including phenoxy) is 1. The van der Waals surface area contributed by atoms with Crippen LogP contribution in [-0.4, -0.2) is 65.5 Å². The number of piperazine rings is 1. The summed E-state index contributed by atoms with van der Waals surface area (Å²) in [5.74, 6) is 0.877. The number of rotatable bonds is 8. The maximum absolute atomic E-state index is 12.5. The van der Waals surface area contributed by atoms with Gasteiger partial charge in [-0.1, -0.05) is 53.4 Å². The van der Waals surface area contributed by atoms with E-state index >= 15 is 0 Å². The van der Waals surface area contributed by atoms with Crippen molar-refractivity contribution in [1.29, 1.82) is 0 Å². The van der Waals surface area contributed by atoms with Crippen molar-refractivity contribution in [3.8, 4) is 5.75 Å². The van der Waals surface area contributed by atoms with Crippen LogP contribution < -0.4 is 15.0 Å². The molecule has 4 rings (SSSR count). The van der Waals surface area contributed by atoms with Crippen molar-refractivity contribution in [2.24, 2.45) is 0 Å². The van der Waals surface area contributed by atoms with Crippen molar-refractivity contribution in [2.75, 3.05) is 48.8 Å². The van der Waals surface area contributed by atoms with Crippen molar-refractivity contribution in [2.45, 2.75) is 11.3 Å². The molecule has 0 atom stereocenters. The maximum Gasteiger partial charge on any atom is 0.260 e. The Morgan fingerprint density at radius 2 is 1.85 bits per heavy atom. The predicted octanol–water partition coefficient (Wildman–Crippen LogP) is 3.30. The Labute approximate surface area is 201 Å². The van der Waals surface area contributed by atoms with Crippen LogP contribution in [0.15, 0.2) is 58.9 Å². The summed E-state index contributed by atoms with van der Waals surface area (Å²) in [4.78, 5) is 28.6. The first kappa shape index (κ1) is 23.1. The van der Waals surface area contributed by atoms with E-state index in [1.54, 1.807) is 0 Å². The lowest BCUT2D eigenvalue weighted by molar-refractivity contribution is -0.133. The van der Waals surface area contributed by atoms with Gasteiger partial charge < -0.3 is 19.9 Å². The van der Waals surface area contributed by atoms with Gasteiger partial charge in [0.25, 0.3) is 5.91 Å². The number of nitrogens with one attached hydrogen (secondary N) is 1. The Kier molecular flexibility index (Phi) is 7.79. The van der Waals surface area contributed by atoms with Crippen molar-refractivity contribution in [1.82, 2.24) is 15.1 Å². The topological polar surface area (TPSA) is 87.7 Å². The lowest BCUT2D eigenvalue weighted by Gasteiger charge is -2.34. The standard InChI is InChI=1S/C23H25N5O3S2/c1-17-6-5-9-19(14-17)31-15-21(30)27-10-12-28(13-11-27)22-25-26-23(33-22)32-16-20(29)24-18-7-3-2-4-8-18/h2-9,14H,10-13,15-16H2,1H3,(H,24,29). The molecule has 0 unspecified atom stereocenters. The molecule has 0 aliphatic carbocycles. The molecule has 8 nitrogen and oxygen atoms in total.